The number of rotatable bonds is 4. The average molecular weight is 232 g/mol. The zero-order valence-electron chi connectivity index (χ0n) is 10.3. The molecule has 17 heavy (non-hydrogen) atoms. The van der Waals surface area contributed by atoms with E-state index >= 15 is 0 Å². The predicted octanol–water partition coefficient (Wildman–Crippen LogP) is 1.14. The molecule has 90 valence electrons. The van der Waals surface area contributed by atoms with Crippen LogP contribution in [0, 0.1) is 0 Å². The number of aryl methyl sites for hydroxylation is 3. The van der Waals surface area contributed by atoms with Gasteiger partial charge in [0, 0.05) is 26.7 Å². The van der Waals surface area contributed by atoms with Gasteiger partial charge in [0.15, 0.2) is 5.78 Å². The molecule has 0 aliphatic heterocycles. The van der Waals surface area contributed by atoms with Crippen LogP contribution in [0.2, 0.25) is 0 Å². The summed E-state index contributed by atoms with van der Waals surface area (Å²) in [5.41, 5.74) is 2.53. The minimum Gasteiger partial charge on any atom is -0.292 e. The van der Waals surface area contributed by atoms with E-state index in [1.54, 1.807) is 22.6 Å². The first kappa shape index (κ1) is 11.6. The summed E-state index contributed by atoms with van der Waals surface area (Å²) < 4.78 is 3.35. The molecule has 0 aromatic carbocycles. The number of Topliss-reactive ketones (excluding diaryl/α,β-unsaturated/α-hetero) is 1. The van der Waals surface area contributed by atoms with E-state index in [4.69, 9.17) is 0 Å². The van der Waals surface area contributed by atoms with Gasteiger partial charge in [-0.25, -0.2) is 0 Å². The SMILES string of the molecule is CCc1cc(C(=O)Cc2cnn(C)c2)n(C)n1. The molecule has 2 heterocycles. The lowest BCUT2D eigenvalue weighted by Crippen LogP contribution is -2.09. The van der Waals surface area contributed by atoms with Crippen LogP contribution in [0.3, 0.4) is 0 Å². The van der Waals surface area contributed by atoms with Crippen LogP contribution in [-0.4, -0.2) is 25.3 Å². The highest BCUT2D eigenvalue weighted by Gasteiger charge is 2.13. The minimum absolute atomic E-state index is 0.0766. The average Bonchev–Trinajstić information content (AvgIpc) is 2.85. The van der Waals surface area contributed by atoms with E-state index in [0.717, 1.165) is 17.7 Å². The fraction of sp³-hybridized carbons (Fsp3) is 0.417. The molecule has 2 rings (SSSR count). The molecule has 5 heteroatoms. The number of ketones is 1. The first-order valence-corrected chi connectivity index (χ1v) is 5.63. The second-order valence-corrected chi connectivity index (χ2v) is 4.12. The molecular weight excluding hydrogens is 216 g/mol. The van der Waals surface area contributed by atoms with Crippen LogP contribution in [0.15, 0.2) is 18.5 Å². The molecule has 0 saturated carbocycles. The number of hydrogen-bond donors (Lipinski definition) is 0. The minimum atomic E-state index is 0.0766. The van der Waals surface area contributed by atoms with Gasteiger partial charge in [0.1, 0.15) is 5.69 Å². The normalized spacial score (nSPS) is 10.8. The Morgan fingerprint density at radius 2 is 2.18 bits per heavy atom. The molecule has 0 N–H and O–H groups in total. The van der Waals surface area contributed by atoms with Crippen molar-refractivity contribution in [1.82, 2.24) is 19.6 Å². The summed E-state index contributed by atoms with van der Waals surface area (Å²) in [6, 6.07) is 1.86. The fourth-order valence-corrected chi connectivity index (χ4v) is 1.80. The van der Waals surface area contributed by atoms with E-state index in [1.165, 1.54) is 0 Å². The van der Waals surface area contributed by atoms with Crippen molar-refractivity contribution in [3.63, 3.8) is 0 Å². The van der Waals surface area contributed by atoms with Gasteiger partial charge in [0.2, 0.25) is 0 Å². The molecule has 0 atom stereocenters. The summed E-state index contributed by atoms with van der Waals surface area (Å²) in [5, 5.41) is 8.32. The smallest absolute Gasteiger partial charge is 0.185 e. The van der Waals surface area contributed by atoms with Gasteiger partial charge in [-0.05, 0) is 18.1 Å². The number of hydrogen-bond acceptors (Lipinski definition) is 3. The van der Waals surface area contributed by atoms with E-state index in [1.807, 2.05) is 26.2 Å². The third-order valence-electron chi connectivity index (χ3n) is 2.70. The van der Waals surface area contributed by atoms with Crippen molar-refractivity contribution in [1.29, 1.82) is 0 Å². The summed E-state index contributed by atoms with van der Waals surface area (Å²) in [7, 11) is 3.64. The van der Waals surface area contributed by atoms with Crippen molar-refractivity contribution < 1.29 is 4.79 Å². The second-order valence-electron chi connectivity index (χ2n) is 4.12. The second kappa shape index (κ2) is 4.53. The van der Waals surface area contributed by atoms with Gasteiger partial charge < -0.3 is 0 Å². The van der Waals surface area contributed by atoms with Gasteiger partial charge in [0.05, 0.1) is 11.9 Å². The Kier molecular flexibility index (Phi) is 3.08. The van der Waals surface area contributed by atoms with Crippen molar-refractivity contribution in [2.45, 2.75) is 19.8 Å². The van der Waals surface area contributed by atoms with Gasteiger partial charge >= 0.3 is 0 Å². The predicted molar refractivity (Wildman–Crippen MR) is 63.8 cm³/mol. The first-order chi connectivity index (χ1) is 8.10. The zero-order chi connectivity index (χ0) is 12.4. The zero-order valence-corrected chi connectivity index (χ0v) is 10.3. The molecule has 2 aromatic heterocycles. The highest BCUT2D eigenvalue weighted by molar-refractivity contribution is 5.96. The maximum absolute atomic E-state index is 12.1. The monoisotopic (exact) mass is 232 g/mol. The molecule has 5 nitrogen and oxygen atoms in total. The van der Waals surface area contributed by atoms with Gasteiger partial charge in [-0.3, -0.25) is 14.2 Å². The lowest BCUT2D eigenvalue weighted by Gasteiger charge is -1.98. The maximum atomic E-state index is 12.1. The summed E-state index contributed by atoms with van der Waals surface area (Å²) in [6.07, 6.45) is 4.79. The lowest BCUT2D eigenvalue weighted by molar-refractivity contribution is 0.0984. The molecule has 2 aromatic rings. The highest BCUT2D eigenvalue weighted by atomic mass is 16.1. The van der Waals surface area contributed by atoms with Crippen molar-refractivity contribution in [3.05, 3.63) is 35.4 Å². The standard InChI is InChI=1S/C12H16N4O/c1-4-10-6-11(16(3)14-10)12(17)5-9-7-13-15(2)8-9/h6-8H,4-5H2,1-3H3. The molecular formula is C12H16N4O. The van der Waals surface area contributed by atoms with E-state index in [0.29, 0.717) is 12.1 Å². The van der Waals surface area contributed by atoms with Crippen molar-refractivity contribution in [3.8, 4) is 0 Å². The van der Waals surface area contributed by atoms with Gasteiger partial charge in [-0.2, -0.15) is 10.2 Å². The maximum Gasteiger partial charge on any atom is 0.185 e. The Morgan fingerprint density at radius 3 is 2.71 bits per heavy atom. The Morgan fingerprint density at radius 1 is 1.41 bits per heavy atom. The first-order valence-electron chi connectivity index (χ1n) is 5.63. The molecule has 0 aliphatic carbocycles. The third kappa shape index (κ3) is 2.43. The van der Waals surface area contributed by atoms with Crippen LogP contribution in [0.1, 0.15) is 28.7 Å². The summed E-state index contributed by atoms with van der Waals surface area (Å²) in [5.74, 6) is 0.0766. The molecule has 0 saturated heterocycles. The Labute approximate surface area is 100 Å². The van der Waals surface area contributed by atoms with Gasteiger partial charge in [-0.1, -0.05) is 6.92 Å². The van der Waals surface area contributed by atoms with Crippen LogP contribution in [0.5, 0.6) is 0 Å². The van der Waals surface area contributed by atoms with E-state index in [2.05, 4.69) is 10.2 Å². The number of carbonyl (C=O) groups excluding carboxylic acids is 1. The summed E-state index contributed by atoms with van der Waals surface area (Å²) in [4.78, 5) is 12.1. The molecule has 0 unspecified atom stereocenters. The van der Waals surface area contributed by atoms with Gasteiger partial charge in [-0.15, -0.1) is 0 Å². The fourth-order valence-electron chi connectivity index (χ4n) is 1.80. The topological polar surface area (TPSA) is 52.7 Å². The van der Waals surface area contributed by atoms with Crippen LogP contribution < -0.4 is 0 Å². The van der Waals surface area contributed by atoms with Gasteiger partial charge in [0.25, 0.3) is 0 Å². The van der Waals surface area contributed by atoms with Crippen LogP contribution in [0.25, 0.3) is 0 Å². The third-order valence-corrected chi connectivity index (χ3v) is 2.70. The largest absolute Gasteiger partial charge is 0.292 e. The van der Waals surface area contributed by atoms with Crippen molar-refractivity contribution in [2.24, 2.45) is 14.1 Å². The lowest BCUT2D eigenvalue weighted by atomic mass is 10.1. The van der Waals surface area contributed by atoms with Crippen LogP contribution >= 0.6 is 0 Å². The van der Waals surface area contributed by atoms with E-state index in [-0.39, 0.29) is 5.78 Å². The highest BCUT2D eigenvalue weighted by Crippen LogP contribution is 2.08. The number of carbonyl (C=O) groups is 1. The molecule has 0 fully saturated rings. The molecule has 0 radical (unpaired) electrons. The quantitative estimate of drug-likeness (QED) is 0.743. The van der Waals surface area contributed by atoms with Crippen molar-refractivity contribution >= 4 is 5.78 Å². The molecule has 0 spiro atoms. The molecule has 0 aliphatic rings. The van der Waals surface area contributed by atoms with Crippen LogP contribution in [-0.2, 0) is 26.9 Å². The van der Waals surface area contributed by atoms with Crippen molar-refractivity contribution in [2.75, 3.05) is 0 Å². The van der Waals surface area contributed by atoms with E-state index < -0.39 is 0 Å². The number of aromatic nitrogens is 4. The summed E-state index contributed by atoms with van der Waals surface area (Å²) >= 11 is 0. The Balaban J connectivity index is 2.16. The van der Waals surface area contributed by atoms with E-state index in [9.17, 15) is 4.79 Å². The van der Waals surface area contributed by atoms with Crippen LogP contribution in [0.4, 0.5) is 0 Å². The number of nitrogens with zero attached hydrogens (tertiary/aromatic N) is 4. The Hall–Kier alpha value is -1.91. The molecule has 0 bridgehead atoms. The summed E-state index contributed by atoms with van der Waals surface area (Å²) in [6.45, 7) is 2.03. The molecule has 0 amide bonds. The Bertz CT molecular complexity index is 538.